The van der Waals surface area contributed by atoms with Gasteiger partial charge in [-0.15, -0.1) is 0 Å². The Hall–Kier alpha value is -2.60. The van der Waals surface area contributed by atoms with E-state index < -0.39 is 28.9 Å². The van der Waals surface area contributed by atoms with Gasteiger partial charge in [-0.05, 0) is 127 Å². The van der Waals surface area contributed by atoms with E-state index in [9.17, 15) is 24.9 Å². The Morgan fingerprint density at radius 2 is 1.60 bits per heavy atom. The maximum Gasteiger partial charge on any atom is 0.330 e. The molecular formula is C39H54O6. The van der Waals surface area contributed by atoms with Crippen molar-refractivity contribution in [3.63, 3.8) is 0 Å². The molecule has 0 aromatic heterocycles. The first kappa shape index (κ1) is 32.3. The summed E-state index contributed by atoms with van der Waals surface area (Å²) in [5.74, 6) is -0.152. The zero-order valence-electron chi connectivity index (χ0n) is 28.2. The average Bonchev–Trinajstić information content (AvgIpc) is 2.98. The van der Waals surface area contributed by atoms with E-state index in [1.54, 1.807) is 30.3 Å². The van der Waals surface area contributed by atoms with E-state index in [2.05, 4.69) is 47.6 Å². The zero-order chi connectivity index (χ0) is 32.6. The lowest BCUT2D eigenvalue weighted by Gasteiger charge is -2.71. The van der Waals surface area contributed by atoms with Crippen LogP contribution in [0.2, 0.25) is 0 Å². The SMILES string of the molecule is CC1(C)CC[C@]2(C(=O)O)CC[C@]3(C)C(=CC[C@H]4[C@@]5(C)CC[C@H](O)[C@@](C)(COC(=O)/C=C\c6ccc(O)cc6)[C@H]5CC[C@]43C)[C@@H]2C1. The molecule has 6 heteroatoms. The Labute approximate surface area is 269 Å². The number of carboxylic acids is 1. The van der Waals surface area contributed by atoms with Crippen molar-refractivity contribution in [2.45, 2.75) is 112 Å². The van der Waals surface area contributed by atoms with E-state index in [0.717, 1.165) is 63.4 Å². The second-order valence-electron chi connectivity index (χ2n) is 17.3. The van der Waals surface area contributed by atoms with Gasteiger partial charge in [0.2, 0.25) is 0 Å². The minimum absolute atomic E-state index is 0.0291. The van der Waals surface area contributed by atoms with Crippen molar-refractivity contribution >= 4 is 18.0 Å². The van der Waals surface area contributed by atoms with Crippen LogP contribution in [0.15, 0.2) is 42.0 Å². The summed E-state index contributed by atoms with van der Waals surface area (Å²) in [4.78, 5) is 25.8. The quantitative estimate of drug-likeness (QED) is 0.175. The molecule has 246 valence electrons. The highest BCUT2D eigenvalue weighted by molar-refractivity contribution is 5.87. The first-order valence-corrected chi connectivity index (χ1v) is 17.3. The molecule has 1 aromatic rings. The number of aliphatic hydroxyl groups excluding tert-OH is 1. The number of carbonyl (C=O) groups is 2. The number of benzene rings is 1. The molecule has 5 aliphatic carbocycles. The third-order valence-corrected chi connectivity index (χ3v) is 14.7. The van der Waals surface area contributed by atoms with Gasteiger partial charge in [0.15, 0.2) is 0 Å². The van der Waals surface area contributed by atoms with E-state index in [1.165, 1.54) is 11.6 Å². The van der Waals surface area contributed by atoms with E-state index in [1.807, 2.05) is 0 Å². The van der Waals surface area contributed by atoms with Gasteiger partial charge in [0.1, 0.15) is 5.75 Å². The summed E-state index contributed by atoms with van der Waals surface area (Å²) in [5, 5.41) is 31.6. The largest absolute Gasteiger partial charge is 0.508 e. The molecule has 0 bridgehead atoms. The van der Waals surface area contributed by atoms with Crippen LogP contribution in [0.3, 0.4) is 0 Å². The van der Waals surface area contributed by atoms with Gasteiger partial charge in [-0.1, -0.05) is 65.3 Å². The van der Waals surface area contributed by atoms with Crippen molar-refractivity contribution in [2.75, 3.05) is 6.61 Å². The van der Waals surface area contributed by atoms with Crippen molar-refractivity contribution in [2.24, 2.45) is 50.2 Å². The molecule has 0 saturated heterocycles. The van der Waals surface area contributed by atoms with E-state index >= 15 is 0 Å². The molecule has 0 heterocycles. The Bertz CT molecular complexity index is 1410. The molecule has 45 heavy (non-hydrogen) atoms. The van der Waals surface area contributed by atoms with E-state index in [-0.39, 0.29) is 45.9 Å². The number of carbonyl (C=O) groups excluding carboxylic acids is 1. The van der Waals surface area contributed by atoms with Crippen molar-refractivity contribution < 1.29 is 29.6 Å². The minimum atomic E-state index is -0.640. The predicted molar refractivity (Wildman–Crippen MR) is 175 cm³/mol. The molecule has 6 nitrogen and oxygen atoms in total. The van der Waals surface area contributed by atoms with Crippen molar-refractivity contribution in [1.29, 1.82) is 0 Å². The highest BCUT2D eigenvalue weighted by Crippen LogP contribution is 2.75. The maximum atomic E-state index is 12.9. The first-order chi connectivity index (χ1) is 21.0. The molecule has 6 rings (SSSR count). The Kier molecular flexibility index (Phi) is 7.70. The standard InChI is InChI=1S/C39H54O6/c1-34(2)19-21-39(33(43)44)22-20-37(5)27(28(39)23-34)12-13-30-35(3)17-16-31(41)36(4,29(35)15-18-38(30,37)6)24-45-32(42)14-9-25-7-10-26(40)11-8-25/h7-12,14,28-31,40-41H,13,15-24H2,1-6H3,(H,43,44)/b14-9-/t28-,29-,30-,31-,35-,36-,37+,38+,39-/m0/s1. The third kappa shape index (κ3) is 4.83. The molecule has 9 atom stereocenters. The number of aliphatic hydroxyl groups is 1. The number of esters is 1. The van der Waals surface area contributed by atoms with E-state index in [0.29, 0.717) is 12.3 Å². The van der Waals surface area contributed by atoms with Crippen LogP contribution in [0.25, 0.3) is 6.08 Å². The molecule has 0 amide bonds. The monoisotopic (exact) mass is 618 g/mol. The average molecular weight is 619 g/mol. The lowest BCUT2D eigenvalue weighted by molar-refractivity contribution is -0.219. The number of allylic oxidation sites excluding steroid dienone is 2. The molecule has 0 spiro atoms. The molecule has 1 aromatic carbocycles. The number of phenols is 1. The summed E-state index contributed by atoms with van der Waals surface area (Å²) in [7, 11) is 0. The summed E-state index contributed by atoms with van der Waals surface area (Å²) >= 11 is 0. The summed E-state index contributed by atoms with van der Waals surface area (Å²) in [6, 6.07) is 6.64. The molecule has 0 radical (unpaired) electrons. The fourth-order valence-corrected chi connectivity index (χ4v) is 11.7. The summed E-state index contributed by atoms with van der Waals surface area (Å²) in [5.41, 5.74) is 1.11. The Morgan fingerprint density at radius 1 is 0.911 bits per heavy atom. The maximum absolute atomic E-state index is 12.9. The number of fused-ring (bicyclic) bond motifs is 7. The summed E-state index contributed by atoms with van der Waals surface area (Å²) in [6.45, 7) is 14.3. The number of aromatic hydroxyl groups is 1. The van der Waals surface area contributed by atoms with Gasteiger partial charge in [0, 0.05) is 11.5 Å². The van der Waals surface area contributed by atoms with Gasteiger partial charge in [0.25, 0.3) is 0 Å². The van der Waals surface area contributed by atoms with E-state index in [4.69, 9.17) is 4.74 Å². The van der Waals surface area contributed by atoms with Crippen LogP contribution in [0.5, 0.6) is 5.75 Å². The minimum Gasteiger partial charge on any atom is -0.508 e. The lowest BCUT2D eigenvalue weighted by Crippen LogP contribution is -2.66. The van der Waals surface area contributed by atoms with Crippen LogP contribution >= 0.6 is 0 Å². The molecule has 3 N–H and O–H groups in total. The molecule has 4 fully saturated rings. The number of hydrogen-bond acceptors (Lipinski definition) is 5. The van der Waals surface area contributed by atoms with Gasteiger partial charge in [-0.3, -0.25) is 4.79 Å². The number of aliphatic carboxylic acids is 1. The summed E-state index contributed by atoms with van der Waals surface area (Å²) in [6.07, 6.45) is 14.0. The van der Waals surface area contributed by atoms with Gasteiger partial charge >= 0.3 is 11.9 Å². The molecule has 5 aliphatic rings. The van der Waals surface area contributed by atoms with Crippen molar-refractivity contribution in [3.8, 4) is 5.75 Å². The Balaban J connectivity index is 1.27. The number of hydrogen-bond donors (Lipinski definition) is 3. The highest BCUT2D eigenvalue weighted by atomic mass is 16.5. The highest BCUT2D eigenvalue weighted by Gasteiger charge is 2.69. The van der Waals surface area contributed by atoms with Crippen LogP contribution in [0.1, 0.15) is 111 Å². The topological polar surface area (TPSA) is 104 Å². The first-order valence-electron chi connectivity index (χ1n) is 17.3. The molecular weight excluding hydrogens is 564 g/mol. The lowest BCUT2D eigenvalue weighted by atomic mass is 9.33. The van der Waals surface area contributed by atoms with Gasteiger partial charge in [-0.2, -0.15) is 0 Å². The fraction of sp³-hybridized carbons (Fsp3) is 0.692. The third-order valence-electron chi connectivity index (χ3n) is 14.7. The van der Waals surface area contributed by atoms with Gasteiger partial charge in [0.05, 0.1) is 18.1 Å². The van der Waals surface area contributed by atoms with Gasteiger partial charge in [-0.25, -0.2) is 4.79 Å². The van der Waals surface area contributed by atoms with Crippen molar-refractivity contribution in [1.82, 2.24) is 0 Å². The number of ether oxygens (including phenoxy) is 1. The molecule has 0 unspecified atom stereocenters. The number of carboxylic acid groups (broad SMARTS) is 1. The van der Waals surface area contributed by atoms with Crippen LogP contribution < -0.4 is 0 Å². The van der Waals surface area contributed by atoms with Crippen LogP contribution in [-0.2, 0) is 14.3 Å². The normalized spacial score (nSPS) is 43.7. The Morgan fingerprint density at radius 3 is 2.29 bits per heavy atom. The predicted octanol–water partition coefficient (Wildman–Crippen LogP) is 8.18. The number of rotatable bonds is 5. The zero-order valence-corrected chi connectivity index (χ0v) is 28.2. The second kappa shape index (κ2) is 10.7. The summed E-state index contributed by atoms with van der Waals surface area (Å²) < 4.78 is 5.87. The number of phenolic OH excluding ortho intramolecular Hbond substituents is 1. The van der Waals surface area contributed by atoms with Gasteiger partial charge < -0.3 is 20.1 Å². The molecule has 4 saturated carbocycles. The van der Waals surface area contributed by atoms with Crippen LogP contribution in [-0.4, -0.2) is 40.0 Å². The fourth-order valence-electron chi connectivity index (χ4n) is 11.7. The van der Waals surface area contributed by atoms with Crippen LogP contribution in [0, 0.1) is 50.2 Å². The second-order valence-corrected chi connectivity index (χ2v) is 17.3. The molecule has 0 aliphatic heterocycles. The smallest absolute Gasteiger partial charge is 0.330 e. The van der Waals surface area contributed by atoms with Crippen molar-refractivity contribution in [3.05, 3.63) is 47.6 Å². The van der Waals surface area contributed by atoms with Crippen LogP contribution in [0.4, 0.5) is 0 Å².